The number of nitrogens with zero attached hydrogens (tertiary/aromatic N) is 3. The van der Waals surface area contributed by atoms with Gasteiger partial charge in [-0.2, -0.15) is 5.10 Å². The molecular weight excluding hydrogens is 192 g/mol. The highest BCUT2D eigenvalue weighted by molar-refractivity contribution is 5.79. The first-order valence-electron chi connectivity index (χ1n) is 4.88. The number of carbonyl (C=O) groups is 1. The summed E-state index contributed by atoms with van der Waals surface area (Å²) in [6.45, 7) is 5.53. The molecule has 0 aliphatic carbocycles. The summed E-state index contributed by atoms with van der Waals surface area (Å²) in [6.07, 6.45) is 0. The molecule has 5 nitrogen and oxygen atoms in total. The van der Waals surface area contributed by atoms with Crippen molar-refractivity contribution in [1.29, 1.82) is 0 Å². The topological polar surface area (TPSA) is 64.2 Å². The molecule has 0 saturated carbocycles. The van der Waals surface area contributed by atoms with Crippen LogP contribution in [0.2, 0.25) is 0 Å². The Hall–Kier alpha value is -1.52. The molecule has 0 fully saturated rings. The van der Waals surface area contributed by atoms with Crippen molar-refractivity contribution in [2.24, 2.45) is 0 Å². The third-order valence-corrected chi connectivity index (χ3v) is 2.55. The molecule has 1 heterocycles. The third kappa shape index (κ3) is 1.95. The van der Waals surface area contributed by atoms with E-state index >= 15 is 0 Å². The van der Waals surface area contributed by atoms with Crippen molar-refractivity contribution in [2.75, 3.05) is 19.8 Å². The molecular formula is C10H18N4O. The van der Waals surface area contributed by atoms with E-state index in [1.54, 1.807) is 23.7 Å². The van der Waals surface area contributed by atoms with E-state index in [1.807, 2.05) is 20.8 Å². The van der Waals surface area contributed by atoms with E-state index in [2.05, 4.69) is 5.10 Å². The van der Waals surface area contributed by atoms with Gasteiger partial charge in [-0.3, -0.25) is 9.48 Å². The summed E-state index contributed by atoms with van der Waals surface area (Å²) in [5, 5.41) is 4.26. The Bertz CT molecular complexity index is 381. The van der Waals surface area contributed by atoms with Gasteiger partial charge in [0.05, 0.1) is 17.1 Å². The number of hydrogen-bond acceptors (Lipinski definition) is 3. The Balaban J connectivity index is 3.06. The van der Waals surface area contributed by atoms with Crippen LogP contribution in [0, 0.1) is 13.8 Å². The second-order valence-corrected chi connectivity index (χ2v) is 3.94. The molecule has 0 bridgehead atoms. The fourth-order valence-corrected chi connectivity index (χ4v) is 1.53. The van der Waals surface area contributed by atoms with Gasteiger partial charge in [-0.25, -0.2) is 0 Å². The van der Waals surface area contributed by atoms with Gasteiger partial charge >= 0.3 is 0 Å². The van der Waals surface area contributed by atoms with Crippen LogP contribution < -0.4 is 5.73 Å². The van der Waals surface area contributed by atoms with Gasteiger partial charge in [0.15, 0.2) is 0 Å². The fraction of sp³-hybridized carbons (Fsp3) is 0.600. The van der Waals surface area contributed by atoms with Crippen molar-refractivity contribution in [1.82, 2.24) is 14.7 Å². The lowest BCUT2D eigenvalue weighted by Gasteiger charge is -2.18. The molecule has 15 heavy (non-hydrogen) atoms. The van der Waals surface area contributed by atoms with Crippen LogP contribution in [0.3, 0.4) is 0 Å². The quantitative estimate of drug-likeness (QED) is 0.782. The number of carbonyl (C=O) groups excluding carboxylic acids is 1. The Morgan fingerprint density at radius 3 is 2.33 bits per heavy atom. The van der Waals surface area contributed by atoms with Crippen molar-refractivity contribution in [2.45, 2.75) is 26.8 Å². The highest BCUT2D eigenvalue weighted by atomic mass is 16.2. The molecule has 2 N–H and O–H groups in total. The summed E-state index contributed by atoms with van der Waals surface area (Å²) in [5.41, 5.74) is 8.08. The van der Waals surface area contributed by atoms with Gasteiger partial charge in [-0.1, -0.05) is 0 Å². The van der Waals surface area contributed by atoms with Gasteiger partial charge in [-0.15, -0.1) is 0 Å². The Morgan fingerprint density at radius 1 is 1.47 bits per heavy atom. The minimum Gasteiger partial charge on any atom is -0.396 e. The molecule has 0 saturated heterocycles. The van der Waals surface area contributed by atoms with Gasteiger partial charge in [0, 0.05) is 14.1 Å². The number of anilines is 1. The van der Waals surface area contributed by atoms with E-state index in [9.17, 15) is 4.79 Å². The lowest BCUT2D eigenvalue weighted by molar-refractivity contribution is -0.132. The summed E-state index contributed by atoms with van der Waals surface area (Å²) in [5.74, 6) is 0.0144. The van der Waals surface area contributed by atoms with Crippen LogP contribution in [0.1, 0.15) is 24.4 Å². The zero-order valence-electron chi connectivity index (χ0n) is 9.90. The van der Waals surface area contributed by atoms with Crippen molar-refractivity contribution in [3.63, 3.8) is 0 Å². The molecule has 0 radical (unpaired) electrons. The summed E-state index contributed by atoms with van der Waals surface area (Å²) in [4.78, 5) is 13.3. The first-order valence-corrected chi connectivity index (χ1v) is 4.88. The normalized spacial score (nSPS) is 12.6. The van der Waals surface area contributed by atoms with Gasteiger partial charge in [0.1, 0.15) is 6.04 Å². The second-order valence-electron chi connectivity index (χ2n) is 3.94. The van der Waals surface area contributed by atoms with Crippen molar-refractivity contribution in [3.8, 4) is 0 Å². The summed E-state index contributed by atoms with van der Waals surface area (Å²) >= 11 is 0. The summed E-state index contributed by atoms with van der Waals surface area (Å²) in [7, 11) is 3.46. The monoisotopic (exact) mass is 210 g/mol. The van der Waals surface area contributed by atoms with Crippen LogP contribution in [0.15, 0.2) is 0 Å². The van der Waals surface area contributed by atoms with Gasteiger partial charge in [0.25, 0.3) is 0 Å². The van der Waals surface area contributed by atoms with Crippen LogP contribution in [0.25, 0.3) is 0 Å². The molecule has 1 rings (SSSR count). The number of aromatic nitrogens is 2. The molecule has 0 spiro atoms. The Morgan fingerprint density at radius 2 is 2.00 bits per heavy atom. The SMILES string of the molecule is Cc1nn(C(C)C(=O)N(C)C)c(C)c1N. The molecule has 0 aliphatic heterocycles. The first kappa shape index (κ1) is 11.6. The average Bonchev–Trinajstić information content (AvgIpc) is 2.43. The molecule has 0 aliphatic rings. The molecule has 5 heteroatoms. The predicted molar refractivity (Wildman–Crippen MR) is 59.5 cm³/mol. The van der Waals surface area contributed by atoms with Crippen molar-refractivity contribution in [3.05, 3.63) is 11.4 Å². The molecule has 1 aromatic rings. The highest BCUT2D eigenvalue weighted by Gasteiger charge is 2.21. The van der Waals surface area contributed by atoms with Crippen molar-refractivity contribution < 1.29 is 4.79 Å². The van der Waals surface area contributed by atoms with Gasteiger partial charge in [0.2, 0.25) is 5.91 Å². The second kappa shape index (κ2) is 3.92. The van der Waals surface area contributed by atoms with E-state index < -0.39 is 0 Å². The van der Waals surface area contributed by atoms with Crippen molar-refractivity contribution >= 4 is 11.6 Å². The Kier molecular flexibility index (Phi) is 3.02. The molecule has 84 valence electrons. The van der Waals surface area contributed by atoms with E-state index in [0.717, 1.165) is 11.4 Å². The highest BCUT2D eigenvalue weighted by Crippen LogP contribution is 2.19. The molecule has 1 atom stereocenters. The van der Waals surface area contributed by atoms with E-state index in [0.29, 0.717) is 5.69 Å². The maximum atomic E-state index is 11.7. The minimum atomic E-state index is -0.309. The molecule has 0 aromatic carbocycles. The lowest BCUT2D eigenvalue weighted by atomic mass is 10.3. The van der Waals surface area contributed by atoms with Crippen LogP contribution >= 0.6 is 0 Å². The van der Waals surface area contributed by atoms with Gasteiger partial charge < -0.3 is 10.6 Å². The Labute approximate surface area is 89.9 Å². The predicted octanol–water partition coefficient (Wildman–Crippen LogP) is 0.731. The van der Waals surface area contributed by atoms with Crippen LogP contribution in [-0.4, -0.2) is 34.7 Å². The average molecular weight is 210 g/mol. The lowest BCUT2D eigenvalue weighted by Crippen LogP contribution is -2.31. The number of nitrogens with two attached hydrogens (primary N) is 1. The third-order valence-electron chi connectivity index (χ3n) is 2.55. The number of hydrogen-bond donors (Lipinski definition) is 1. The molecule has 1 aromatic heterocycles. The van der Waals surface area contributed by atoms with Crippen LogP contribution in [0.5, 0.6) is 0 Å². The van der Waals surface area contributed by atoms with E-state index in [4.69, 9.17) is 5.73 Å². The standard InChI is InChI=1S/C10H18N4O/c1-6-9(11)7(2)14(12-6)8(3)10(15)13(4)5/h8H,11H2,1-5H3. The number of likely N-dealkylation sites (N-methyl/N-ethyl adjacent to an activating group) is 1. The summed E-state index contributed by atoms with van der Waals surface area (Å²) in [6, 6.07) is -0.309. The van der Waals surface area contributed by atoms with Crippen LogP contribution in [0.4, 0.5) is 5.69 Å². The van der Waals surface area contributed by atoms with Crippen LogP contribution in [-0.2, 0) is 4.79 Å². The molecule has 1 amide bonds. The van der Waals surface area contributed by atoms with Gasteiger partial charge in [-0.05, 0) is 20.8 Å². The van der Waals surface area contributed by atoms with E-state index in [1.165, 1.54) is 0 Å². The maximum Gasteiger partial charge on any atom is 0.246 e. The number of nitrogen functional groups attached to an aromatic ring is 1. The number of rotatable bonds is 2. The number of amides is 1. The molecule has 1 unspecified atom stereocenters. The zero-order chi connectivity index (χ0) is 11.7. The smallest absolute Gasteiger partial charge is 0.246 e. The zero-order valence-corrected chi connectivity index (χ0v) is 9.90. The van der Waals surface area contributed by atoms with E-state index in [-0.39, 0.29) is 11.9 Å². The summed E-state index contributed by atoms with van der Waals surface area (Å²) < 4.78 is 1.67. The number of aryl methyl sites for hydroxylation is 1. The first-order chi connectivity index (χ1) is 6.86. The fourth-order valence-electron chi connectivity index (χ4n) is 1.53. The maximum absolute atomic E-state index is 11.7. The minimum absolute atomic E-state index is 0.0144. The largest absolute Gasteiger partial charge is 0.396 e.